The molecule has 14 nitrogen and oxygen atoms in total. The number of hydrogen-bond donors (Lipinski definition) is 1. The molecule has 0 amide bonds. The summed E-state index contributed by atoms with van der Waals surface area (Å²) >= 11 is 0. The largest absolute Gasteiger partial charge is 2.00 e. The zero-order valence-electron chi connectivity index (χ0n) is 46.8. The summed E-state index contributed by atoms with van der Waals surface area (Å²) in [5.74, 6) is 3.27. The van der Waals surface area contributed by atoms with E-state index in [-0.39, 0.29) is 156 Å². The van der Waals surface area contributed by atoms with Crippen molar-refractivity contribution in [1.29, 1.82) is 0 Å². The van der Waals surface area contributed by atoms with Gasteiger partial charge in [-0.05, 0) is 130 Å². The van der Waals surface area contributed by atoms with Gasteiger partial charge >= 0.3 is 104 Å². The van der Waals surface area contributed by atoms with E-state index < -0.39 is 16.5 Å². The number of aldehydes is 1. The maximum absolute atomic E-state index is 11.5. The first-order valence-corrected chi connectivity index (χ1v) is 31.8. The summed E-state index contributed by atoms with van der Waals surface area (Å²) in [5, 5.41) is 18.2. The van der Waals surface area contributed by atoms with Crippen molar-refractivity contribution in [2.24, 2.45) is 23.7 Å². The number of allylic oxidation sites excluding steroid dienone is 2. The molecule has 20 heteroatoms. The van der Waals surface area contributed by atoms with Crippen molar-refractivity contribution in [1.82, 2.24) is 19.9 Å². The minimum absolute atomic E-state index is 0. The van der Waals surface area contributed by atoms with Gasteiger partial charge in [-0.2, -0.15) is 30.3 Å². The second kappa shape index (κ2) is 44.4. The van der Waals surface area contributed by atoms with Gasteiger partial charge in [-0.25, -0.2) is 0 Å². The zero-order chi connectivity index (χ0) is 52.8. The van der Waals surface area contributed by atoms with Crippen LogP contribution in [0.15, 0.2) is 135 Å². The number of nitrogens with zero attached hydrogens (tertiary/aromatic N) is 5. The van der Waals surface area contributed by atoms with Crippen LogP contribution in [0, 0.1) is 29.7 Å². The maximum Gasteiger partial charge on any atom is 2.00 e. The summed E-state index contributed by atoms with van der Waals surface area (Å²) in [6.07, 6.45) is 31.7. The number of aliphatic hydroxyl groups is 1. The van der Waals surface area contributed by atoms with Crippen LogP contribution in [-0.2, 0) is 14.5 Å². The number of benzene rings is 1. The van der Waals surface area contributed by atoms with Gasteiger partial charge in [-0.3, -0.25) is 39.1 Å². The molecule has 0 saturated heterocycles. The van der Waals surface area contributed by atoms with E-state index in [1.165, 1.54) is 57.6 Å². The van der Waals surface area contributed by atoms with Crippen molar-refractivity contribution in [3.05, 3.63) is 163 Å². The van der Waals surface area contributed by atoms with E-state index in [0.29, 0.717) is 29.4 Å². The number of Topliss-reactive ketones (excluding diaryl/α,β-unsaturated/α-hetero) is 2. The molecule has 0 aliphatic heterocycles. The Bertz CT molecular complexity index is 2340. The second-order valence-electron chi connectivity index (χ2n) is 20.2. The number of rotatable bonds is 17. The first-order valence-electron chi connectivity index (χ1n) is 24.9. The van der Waals surface area contributed by atoms with Gasteiger partial charge in [-0.1, -0.05) is 76.7 Å². The second-order valence-corrected chi connectivity index (χ2v) is 30.2. The topological polar surface area (TPSA) is 223 Å². The van der Waals surface area contributed by atoms with Crippen molar-refractivity contribution in [3.63, 3.8) is 0 Å². The summed E-state index contributed by atoms with van der Waals surface area (Å²) < 4.78 is 2.70. The average Bonchev–Trinajstić information content (AvgIpc) is 4.17. The predicted octanol–water partition coefficient (Wildman–Crippen LogP) is 1.72. The molecule has 77 heavy (non-hydrogen) atoms. The molecule has 1 aromatic carbocycles. The van der Waals surface area contributed by atoms with Crippen LogP contribution in [0.2, 0.25) is 39.3 Å². The zero-order valence-corrected chi connectivity index (χ0v) is 56.9. The summed E-state index contributed by atoms with van der Waals surface area (Å²) in [6, 6.07) is 25.8. The Morgan fingerprint density at radius 3 is 1.49 bits per heavy atom. The Balaban J connectivity index is -0.000000844. The van der Waals surface area contributed by atoms with E-state index >= 15 is 0 Å². The molecule has 5 aromatic rings. The van der Waals surface area contributed by atoms with Crippen molar-refractivity contribution < 1.29 is 143 Å². The van der Waals surface area contributed by atoms with Gasteiger partial charge in [0.05, 0.1) is 6.10 Å². The summed E-state index contributed by atoms with van der Waals surface area (Å²) in [7, 11) is -2.58. The molecule has 4 heterocycles. The molecule has 402 valence electrons. The average molecular weight is 1200 g/mol. The molecule has 1 atom stereocenters. The monoisotopic (exact) mass is 1200 g/mol. The third-order valence-corrected chi connectivity index (χ3v) is 18.7. The fourth-order valence-electron chi connectivity index (χ4n) is 7.22. The van der Waals surface area contributed by atoms with Crippen molar-refractivity contribution in [2.45, 2.75) is 129 Å². The summed E-state index contributed by atoms with van der Waals surface area (Å²) in [5.41, 5.74) is 4.58. The fraction of sp³-hybridized carbons (Fsp3) is 0.421. The number of aliphatic hydroxyl groups excluding tert-OH is 1. The van der Waals surface area contributed by atoms with Crippen molar-refractivity contribution in [3.8, 4) is 0 Å². The van der Waals surface area contributed by atoms with Crippen LogP contribution in [0.25, 0.3) is 0 Å². The Hall–Kier alpha value is -2.29. The molecule has 2 N–H and O–H groups in total. The third kappa shape index (κ3) is 38.1. The van der Waals surface area contributed by atoms with E-state index in [9.17, 15) is 24.3 Å². The number of hydrogen-bond acceptors (Lipinski definition) is 14. The Morgan fingerprint density at radius 1 is 0.714 bits per heavy atom. The van der Waals surface area contributed by atoms with Gasteiger partial charge in [0.1, 0.15) is 22.8 Å². The van der Waals surface area contributed by atoms with Crippen LogP contribution in [0.5, 0.6) is 0 Å². The molecular formula is C57H76BrKMgN5NaO9Si2. The molecule has 4 aliphatic carbocycles. The molecule has 4 fully saturated rings. The predicted molar refractivity (Wildman–Crippen MR) is 294 cm³/mol. The SMILES string of the molecule is CC(=O)c1ccncc1.C[Si](C)(C)N(c1c[c-]ccc1)[Si](C)(C)C.O=C(/C=C/C1CC1)c1ccncc1.O=C(CCC1CC1)c1ccncc1.O=CC1CC1.O=CO[O-].OC(CCC1CC1)c1ccncc1.[Br-].[K+].[Mg+2].[Na+].[OH-]. The standard InChI is InChI=1S/C12H22NSi2.C11H15NO.C11H13NO.C11H11NO.C7H7NO.C4H6O.CH2O3.BrH.K.Mg.Na.H2O/c1-14(2,3)13(15(4,5)6)12-10-8-7-9-11-12;3*13-11(4-3-9-1-2-9)10-5-7-12-8-6-10;1-6(9)7-2-4-8-5-3-7;5-3-4-1-2-4;2-1-4-3;;;;;/h7-8,10-11H,1-6H3;5-9,11,13H,1-4H2;5-9H,1-4H2;3-9H,1-2H2;2-5H,1H3;3-4H,1-2H2;1,3H;1H;;;;1H2/q-1;;;;;;;;+1;+2;+1;/p-3/b;;;4-3+;;;;;;;;. The number of anilines is 1. The minimum Gasteiger partial charge on any atom is -1.00 e. The maximum atomic E-state index is 11.5. The van der Waals surface area contributed by atoms with E-state index in [2.05, 4.69) is 92.6 Å². The van der Waals surface area contributed by atoms with E-state index in [1.807, 2.05) is 24.3 Å². The Kier molecular flexibility index (Phi) is 45.5. The molecule has 0 radical (unpaired) electrons. The smallest absolute Gasteiger partial charge is 1.00 e. The van der Waals surface area contributed by atoms with E-state index in [4.69, 9.17) is 10.1 Å². The molecule has 9 rings (SSSR count). The minimum atomic E-state index is -1.29. The van der Waals surface area contributed by atoms with Gasteiger partial charge in [0, 0.05) is 78.6 Å². The van der Waals surface area contributed by atoms with Gasteiger partial charge < -0.3 is 46.7 Å². The van der Waals surface area contributed by atoms with Crippen molar-refractivity contribution >= 4 is 75.3 Å². The van der Waals surface area contributed by atoms with E-state index in [0.717, 1.165) is 54.9 Å². The number of pyridine rings is 4. The number of aromatic nitrogens is 4. The normalized spacial score (nSPS) is 13.8. The quantitative estimate of drug-likeness (QED) is 0.0267. The van der Waals surface area contributed by atoms with Crippen LogP contribution in [0.3, 0.4) is 0 Å². The Morgan fingerprint density at radius 2 is 1.14 bits per heavy atom. The molecule has 0 bridgehead atoms. The first kappa shape index (κ1) is 78.9. The van der Waals surface area contributed by atoms with Crippen molar-refractivity contribution in [2.75, 3.05) is 4.23 Å². The number of carbonyl (C=O) groups excluding carboxylic acids is 5. The first-order chi connectivity index (χ1) is 34.5. The summed E-state index contributed by atoms with van der Waals surface area (Å²) in [4.78, 5) is 69.9. The van der Waals surface area contributed by atoms with Crippen LogP contribution in [0.1, 0.15) is 127 Å². The van der Waals surface area contributed by atoms with Gasteiger partial charge in [0.15, 0.2) is 17.3 Å². The third-order valence-electron chi connectivity index (χ3n) is 11.5. The van der Waals surface area contributed by atoms with E-state index in [1.54, 1.807) is 92.0 Å². The number of halogens is 1. The number of carbonyl (C=O) groups is 5. The summed E-state index contributed by atoms with van der Waals surface area (Å²) in [6.45, 7) is 15.8. The molecule has 4 aliphatic rings. The van der Waals surface area contributed by atoms with Crippen LogP contribution < -0.4 is 107 Å². The van der Waals surface area contributed by atoms with Crippen LogP contribution in [-0.4, -0.2) is 100 Å². The molecular weight excluding hydrogens is 1120 g/mol. The number of ketones is 3. The van der Waals surface area contributed by atoms with Gasteiger partial charge in [0.25, 0.3) is 6.47 Å². The molecule has 4 aromatic heterocycles. The molecule has 4 saturated carbocycles. The van der Waals surface area contributed by atoms with Gasteiger partial charge in [0.2, 0.25) is 0 Å². The van der Waals surface area contributed by atoms with Gasteiger partial charge in [-0.15, -0.1) is 0 Å². The molecule has 0 spiro atoms. The van der Waals surface area contributed by atoms with Crippen LogP contribution in [0.4, 0.5) is 5.69 Å². The Labute approximate surface area is 551 Å². The fourth-order valence-corrected chi connectivity index (χ4v) is 17.1. The van der Waals surface area contributed by atoms with Crippen LogP contribution >= 0.6 is 0 Å². The molecule has 1 unspecified atom stereocenters.